The van der Waals surface area contributed by atoms with Crippen LogP contribution in [0.15, 0.2) is 78.9 Å². The first kappa shape index (κ1) is 16.6. The van der Waals surface area contributed by atoms with Crippen LogP contribution in [0.4, 0.5) is 0 Å². The third kappa shape index (κ3) is 4.38. The molecule has 0 fully saturated rings. The van der Waals surface area contributed by atoms with E-state index in [-0.39, 0.29) is 17.9 Å². The van der Waals surface area contributed by atoms with E-state index in [2.05, 4.69) is 0 Å². The van der Waals surface area contributed by atoms with E-state index < -0.39 is 5.97 Å². The first-order valence-corrected chi connectivity index (χ1v) is 7.94. The number of carbonyl (C=O) groups is 1. The maximum Gasteiger partial charge on any atom is 0.339 e. The molecular formula is C21H18O4. The standard InChI is InChI=1S/C21H18O4/c22-21(23)18-12-7-13-19(24-14-16-8-3-1-4-9-16)20(18)25-15-17-10-5-2-6-11-17/h1-13H,14-15H2,(H,22,23). The van der Waals surface area contributed by atoms with Gasteiger partial charge in [0.25, 0.3) is 0 Å². The number of benzene rings is 3. The van der Waals surface area contributed by atoms with Gasteiger partial charge in [0, 0.05) is 0 Å². The van der Waals surface area contributed by atoms with Gasteiger partial charge in [0.1, 0.15) is 18.8 Å². The highest BCUT2D eigenvalue weighted by atomic mass is 16.5. The zero-order valence-corrected chi connectivity index (χ0v) is 13.6. The van der Waals surface area contributed by atoms with Crippen molar-refractivity contribution in [2.24, 2.45) is 0 Å². The van der Waals surface area contributed by atoms with Crippen LogP contribution in [0.2, 0.25) is 0 Å². The zero-order valence-electron chi connectivity index (χ0n) is 13.6. The Kier molecular flexibility index (Phi) is 5.32. The summed E-state index contributed by atoms with van der Waals surface area (Å²) < 4.78 is 11.6. The number of rotatable bonds is 7. The summed E-state index contributed by atoms with van der Waals surface area (Å²) in [5, 5.41) is 9.44. The SMILES string of the molecule is O=C(O)c1cccc(OCc2ccccc2)c1OCc1ccccc1. The summed E-state index contributed by atoms with van der Waals surface area (Å²) in [7, 11) is 0. The van der Waals surface area contributed by atoms with E-state index in [4.69, 9.17) is 9.47 Å². The van der Waals surface area contributed by atoms with Crippen molar-refractivity contribution in [1.29, 1.82) is 0 Å². The first-order chi connectivity index (χ1) is 12.2. The van der Waals surface area contributed by atoms with E-state index >= 15 is 0 Å². The van der Waals surface area contributed by atoms with Crippen molar-refractivity contribution in [2.75, 3.05) is 0 Å². The van der Waals surface area contributed by atoms with Gasteiger partial charge < -0.3 is 14.6 Å². The monoisotopic (exact) mass is 334 g/mol. The summed E-state index contributed by atoms with van der Waals surface area (Å²) >= 11 is 0. The lowest BCUT2D eigenvalue weighted by Crippen LogP contribution is -2.06. The summed E-state index contributed by atoms with van der Waals surface area (Å²) in [4.78, 5) is 11.5. The second-order valence-electron chi connectivity index (χ2n) is 5.49. The number of ether oxygens (including phenoxy) is 2. The lowest BCUT2D eigenvalue weighted by atomic mass is 10.1. The van der Waals surface area contributed by atoms with E-state index in [1.54, 1.807) is 12.1 Å². The van der Waals surface area contributed by atoms with Gasteiger partial charge in [-0.15, -0.1) is 0 Å². The summed E-state index contributed by atoms with van der Waals surface area (Å²) in [5.74, 6) is -0.386. The Bertz CT molecular complexity index is 829. The van der Waals surface area contributed by atoms with Crippen molar-refractivity contribution in [3.8, 4) is 11.5 Å². The largest absolute Gasteiger partial charge is 0.485 e. The van der Waals surface area contributed by atoms with Crippen LogP contribution in [0.25, 0.3) is 0 Å². The highest BCUT2D eigenvalue weighted by molar-refractivity contribution is 5.92. The minimum Gasteiger partial charge on any atom is -0.485 e. The maximum atomic E-state index is 11.5. The highest BCUT2D eigenvalue weighted by Crippen LogP contribution is 2.32. The van der Waals surface area contributed by atoms with Gasteiger partial charge in [-0.1, -0.05) is 66.7 Å². The van der Waals surface area contributed by atoms with E-state index in [9.17, 15) is 9.90 Å². The third-order valence-electron chi connectivity index (χ3n) is 3.67. The molecule has 0 unspecified atom stereocenters. The van der Waals surface area contributed by atoms with Crippen LogP contribution in [-0.4, -0.2) is 11.1 Å². The van der Waals surface area contributed by atoms with Gasteiger partial charge in [0.2, 0.25) is 0 Å². The Morgan fingerprint density at radius 1 is 0.720 bits per heavy atom. The van der Waals surface area contributed by atoms with Crippen molar-refractivity contribution in [3.63, 3.8) is 0 Å². The van der Waals surface area contributed by atoms with Crippen molar-refractivity contribution in [2.45, 2.75) is 13.2 Å². The second-order valence-corrected chi connectivity index (χ2v) is 5.49. The highest BCUT2D eigenvalue weighted by Gasteiger charge is 2.17. The molecule has 0 spiro atoms. The molecule has 126 valence electrons. The zero-order chi connectivity index (χ0) is 17.5. The van der Waals surface area contributed by atoms with Gasteiger partial charge in [-0.2, -0.15) is 0 Å². The Morgan fingerprint density at radius 3 is 1.84 bits per heavy atom. The van der Waals surface area contributed by atoms with Crippen molar-refractivity contribution >= 4 is 5.97 Å². The molecule has 0 aliphatic carbocycles. The van der Waals surface area contributed by atoms with Crippen molar-refractivity contribution in [1.82, 2.24) is 0 Å². The van der Waals surface area contributed by atoms with E-state index in [1.165, 1.54) is 6.07 Å². The molecular weight excluding hydrogens is 316 g/mol. The van der Waals surface area contributed by atoms with Gasteiger partial charge in [-0.3, -0.25) is 0 Å². The molecule has 0 bridgehead atoms. The molecule has 0 heterocycles. The smallest absolute Gasteiger partial charge is 0.339 e. The fourth-order valence-electron chi connectivity index (χ4n) is 2.41. The van der Waals surface area contributed by atoms with E-state index in [0.717, 1.165) is 11.1 Å². The Balaban J connectivity index is 1.81. The molecule has 0 aromatic heterocycles. The molecule has 0 radical (unpaired) electrons. The predicted octanol–water partition coefficient (Wildman–Crippen LogP) is 4.54. The summed E-state index contributed by atoms with van der Waals surface area (Å²) in [6.45, 7) is 0.610. The molecule has 3 aromatic rings. The molecule has 4 heteroatoms. The first-order valence-electron chi connectivity index (χ1n) is 7.94. The average molecular weight is 334 g/mol. The predicted molar refractivity (Wildman–Crippen MR) is 94.9 cm³/mol. The van der Waals surface area contributed by atoms with E-state index in [0.29, 0.717) is 12.4 Å². The van der Waals surface area contributed by atoms with Crippen LogP contribution in [0.3, 0.4) is 0 Å². The topological polar surface area (TPSA) is 55.8 Å². The summed E-state index contributed by atoms with van der Waals surface area (Å²) in [5.41, 5.74) is 2.04. The van der Waals surface area contributed by atoms with E-state index in [1.807, 2.05) is 60.7 Å². The quantitative estimate of drug-likeness (QED) is 0.689. The molecule has 1 N–H and O–H groups in total. The summed E-state index contributed by atoms with van der Waals surface area (Å²) in [6, 6.07) is 24.2. The number of hydrogen-bond donors (Lipinski definition) is 1. The number of hydrogen-bond acceptors (Lipinski definition) is 3. The van der Waals surface area contributed by atoms with Crippen molar-refractivity contribution < 1.29 is 19.4 Å². The number of carboxylic acids is 1. The fourth-order valence-corrected chi connectivity index (χ4v) is 2.41. The normalized spacial score (nSPS) is 10.2. The number of aromatic carboxylic acids is 1. The van der Waals surface area contributed by atoms with Crippen LogP contribution in [0.5, 0.6) is 11.5 Å². The van der Waals surface area contributed by atoms with Gasteiger partial charge in [-0.05, 0) is 23.3 Å². The molecule has 0 atom stereocenters. The Hall–Kier alpha value is -3.27. The molecule has 0 saturated heterocycles. The Labute approximate surface area is 146 Å². The number of carboxylic acid groups (broad SMARTS) is 1. The molecule has 0 aliphatic rings. The number of para-hydroxylation sites is 1. The van der Waals surface area contributed by atoms with Gasteiger partial charge in [-0.25, -0.2) is 4.79 Å². The molecule has 0 saturated carbocycles. The second kappa shape index (κ2) is 8.02. The summed E-state index contributed by atoms with van der Waals surface area (Å²) in [6.07, 6.45) is 0. The minimum atomic E-state index is -1.05. The van der Waals surface area contributed by atoms with Crippen LogP contribution in [0.1, 0.15) is 21.5 Å². The average Bonchev–Trinajstić information content (AvgIpc) is 2.66. The molecule has 0 aliphatic heterocycles. The van der Waals surface area contributed by atoms with Gasteiger partial charge >= 0.3 is 5.97 Å². The van der Waals surface area contributed by atoms with Gasteiger partial charge in [0.15, 0.2) is 11.5 Å². The van der Waals surface area contributed by atoms with Crippen LogP contribution in [-0.2, 0) is 13.2 Å². The molecule has 4 nitrogen and oxygen atoms in total. The molecule has 0 amide bonds. The lowest BCUT2D eigenvalue weighted by molar-refractivity contribution is 0.0690. The fraction of sp³-hybridized carbons (Fsp3) is 0.0952. The Morgan fingerprint density at radius 2 is 1.28 bits per heavy atom. The lowest BCUT2D eigenvalue weighted by Gasteiger charge is -2.15. The van der Waals surface area contributed by atoms with Gasteiger partial charge in [0.05, 0.1) is 0 Å². The molecule has 3 rings (SSSR count). The third-order valence-corrected chi connectivity index (χ3v) is 3.67. The molecule has 3 aromatic carbocycles. The minimum absolute atomic E-state index is 0.0847. The van der Waals surface area contributed by atoms with Crippen molar-refractivity contribution in [3.05, 3.63) is 95.6 Å². The molecule has 25 heavy (non-hydrogen) atoms. The maximum absolute atomic E-state index is 11.5. The van der Waals surface area contributed by atoms with Crippen LogP contribution in [0, 0.1) is 0 Å². The van der Waals surface area contributed by atoms with Crippen LogP contribution < -0.4 is 9.47 Å². The van der Waals surface area contributed by atoms with Crippen LogP contribution >= 0.6 is 0 Å².